The molecule has 29 heavy (non-hydrogen) atoms. The summed E-state index contributed by atoms with van der Waals surface area (Å²) < 4.78 is 7.25. The van der Waals surface area contributed by atoms with Gasteiger partial charge >= 0.3 is 0 Å². The van der Waals surface area contributed by atoms with Crippen molar-refractivity contribution in [3.63, 3.8) is 0 Å². The van der Waals surface area contributed by atoms with Gasteiger partial charge in [0.1, 0.15) is 11.4 Å². The van der Waals surface area contributed by atoms with Crippen LogP contribution in [-0.4, -0.2) is 40.8 Å². The molecule has 3 aromatic rings. The smallest absolute Gasteiger partial charge is 0.257 e. The van der Waals surface area contributed by atoms with Crippen LogP contribution in [0.1, 0.15) is 41.6 Å². The lowest BCUT2D eigenvalue weighted by Crippen LogP contribution is -2.31. The van der Waals surface area contributed by atoms with E-state index in [4.69, 9.17) is 9.84 Å². The highest BCUT2D eigenvalue weighted by Crippen LogP contribution is 2.27. The average Bonchev–Trinajstić information content (AvgIpc) is 2.99. The summed E-state index contributed by atoms with van der Waals surface area (Å²) in [5.41, 5.74) is 3.43. The molecule has 1 aliphatic rings. The minimum atomic E-state index is 0.0732. The van der Waals surface area contributed by atoms with Crippen LogP contribution in [0.2, 0.25) is 0 Å². The summed E-state index contributed by atoms with van der Waals surface area (Å²) in [6.07, 6.45) is 6.42. The van der Waals surface area contributed by atoms with Gasteiger partial charge in [-0.3, -0.25) is 9.48 Å². The molecule has 0 unspecified atom stereocenters. The molecule has 0 saturated carbocycles. The zero-order valence-electron chi connectivity index (χ0n) is 16.9. The third kappa shape index (κ3) is 4.50. The van der Waals surface area contributed by atoms with Crippen molar-refractivity contribution >= 4 is 5.91 Å². The number of rotatable bonds is 5. The van der Waals surface area contributed by atoms with E-state index in [-0.39, 0.29) is 5.91 Å². The van der Waals surface area contributed by atoms with Crippen LogP contribution >= 0.6 is 0 Å². The molecule has 0 N–H and O–H groups in total. The average molecular weight is 389 g/mol. The molecular formula is C24H27N3O2. The van der Waals surface area contributed by atoms with E-state index in [0.29, 0.717) is 17.8 Å². The summed E-state index contributed by atoms with van der Waals surface area (Å²) in [6, 6.07) is 17.9. The Morgan fingerprint density at radius 2 is 1.76 bits per heavy atom. The molecule has 150 valence electrons. The summed E-state index contributed by atoms with van der Waals surface area (Å²) in [4.78, 5) is 15.4. The molecular weight excluding hydrogens is 362 g/mol. The quantitative estimate of drug-likeness (QED) is 0.639. The summed E-state index contributed by atoms with van der Waals surface area (Å²) >= 11 is 0. The van der Waals surface area contributed by atoms with Crippen LogP contribution in [0.3, 0.4) is 0 Å². The Labute approximate surface area is 171 Å². The summed E-state index contributed by atoms with van der Waals surface area (Å²) in [5, 5.41) is 4.80. The van der Waals surface area contributed by atoms with Gasteiger partial charge in [-0.15, -0.1) is 0 Å². The van der Waals surface area contributed by atoms with Crippen LogP contribution in [0.25, 0.3) is 11.3 Å². The Morgan fingerprint density at radius 1 is 1.00 bits per heavy atom. The van der Waals surface area contributed by atoms with E-state index in [1.54, 1.807) is 7.11 Å². The molecule has 0 bridgehead atoms. The molecule has 4 rings (SSSR count). The number of hydrogen-bond donors (Lipinski definition) is 0. The molecule has 1 aliphatic heterocycles. The first-order chi connectivity index (χ1) is 14.2. The molecule has 1 amide bonds. The van der Waals surface area contributed by atoms with E-state index in [0.717, 1.165) is 42.8 Å². The van der Waals surface area contributed by atoms with Gasteiger partial charge in [-0.05, 0) is 30.5 Å². The van der Waals surface area contributed by atoms with Crippen LogP contribution in [0.4, 0.5) is 0 Å². The maximum Gasteiger partial charge on any atom is 0.257 e. The van der Waals surface area contributed by atoms with Crippen molar-refractivity contribution in [3.05, 3.63) is 71.9 Å². The van der Waals surface area contributed by atoms with E-state index < -0.39 is 0 Å². The molecule has 1 aromatic heterocycles. The van der Waals surface area contributed by atoms with E-state index in [2.05, 4.69) is 12.1 Å². The molecule has 0 radical (unpaired) electrons. The Morgan fingerprint density at radius 3 is 2.48 bits per heavy atom. The molecule has 5 heteroatoms. The van der Waals surface area contributed by atoms with E-state index in [1.807, 2.05) is 58.2 Å². The van der Waals surface area contributed by atoms with Crippen LogP contribution in [0.15, 0.2) is 60.8 Å². The molecule has 1 saturated heterocycles. The fourth-order valence-corrected chi connectivity index (χ4v) is 3.86. The predicted molar refractivity (Wildman–Crippen MR) is 114 cm³/mol. The number of benzene rings is 2. The van der Waals surface area contributed by atoms with E-state index in [9.17, 15) is 4.79 Å². The highest BCUT2D eigenvalue weighted by molar-refractivity contribution is 6.00. The molecule has 2 aromatic carbocycles. The normalized spacial score (nSPS) is 14.4. The number of likely N-dealkylation sites (tertiary alicyclic amines) is 1. The number of amides is 1. The molecule has 2 heterocycles. The highest BCUT2D eigenvalue weighted by atomic mass is 16.5. The number of hydrogen-bond acceptors (Lipinski definition) is 3. The monoisotopic (exact) mass is 389 g/mol. The second kappa shape index (κ2) is 8.95. The Bertz CT molecular complexity index is 957. The van der Waals surface area contributed by atoms with Crippen molar-refractivity contribution in [1.82, 2.24) is 14.7 Å². The van der Waals surface area contributed by atoms with Gasteiger partial charge in [-0.25, -0.2) is 0 Å². The van der Waals surface area contributed by atoms with Crippen molar-refractivity contribution in [2.75, 3.05) is 20.2 Å². The predicted octanol–water partition coefficient (Wildman–Crippen LogP) is 4.62. The van der Waals surface area contributed by atoms with Crippen molar-refractivity contribution in [2.24, 2.45) is 0 Å². The summed E-state index contributed by atoms with van der Waals surface area (Å²) in [7, 11) is 1.65. The lowest BCUT2D eigenvalue weighted by Gasteiger charge is -2.20. The fourth-order valence-electron chi connectivity index (χ4n) is 3.86. The van der Waals surface area contributed by atoms with Gasteiger partial charge in [0.15, 0.2) is 0 Å². The van der Waals surface area contributed by atoms with E-state index >= 15 is 0 Å². The maximum atomic E-state index is 13.4. The summed E-state index contributed by atoms with van der Waals surface area (Å²) in [5.74, 6) is 0.831. The van der Waals surface area contributed by atoms with Crippen LogP contribution < -0.4 is 4.74 Å². The third-order valence-corrected chi connectivity index (χ3v) is 5.42. The minimum absolute atomic E-state index is 0.0732. The number of ether oxygens (including phenoxy) is 1. The second-order valence-electron chi connectivity index (χ2n) is 7.51. The number of carbonyl (C=O) groups is 1. The standard InChI is InChI=1S/C24H27N3O2/c1-29-21-13-9-12-20(16-21)23-22(24(28)26-14-7-2-3-8-15-26)18-27(25-23)17-19-10-5-4-6-11-19/h4-6,9-13,16,18H,2-3,7-8,14-15,17H2,1H3. The van der Waals surface area contributed by atoms with Gasteiger partial charge in [0.2, 0.25) is 0 Å². The van der Waals surface area contributed by atoms with Crippen molar-refractivity contribution in [2.45, 2.75) is 32.2 Å². The molecule has 5 nitrogen and oxygen atoms in total. The zero-order valence-corrected chi connectivity index (χ0v) is 16.9. The third-order valence-electron chi connectivity index (χ3n) is 5.42. The lowest BCUT2D eigenvalue weighted by molar-refractivity contribution is 0.0762. The Hall–Kier alpha value is -3.08. The number of nitrogens with zero attached hydrogens (tertiary/aromatic N) is 3. The Balaban J connectivity index is 1.71. The molecule has 0 aliphatic carbocycles. The molecule has 0 spiro atoms. The lowest BCUT2D eigenvalue weighted by atomic mass is 10.1. The highest BCUT2D eigenvalue weighted by Gasteiger charge is 2.24. The summed E-state index contributed by atoms with van der Waals surface area (Å²) in [6.45, 7) is 2.27. The van der Waals surface area contributed by atoms with Crippen LogP contribution in [-0.2, 0) is 6.54 Å². The van der Waals surface area contributed by atoms with Crippen molar-refractivity contribution in [3.8, 4) is 17.0 Å². The molecule has 0 atom stereocenters. The van der Waals surface area contributed by atoms with Gasteiger partial charge in [-0.2, -0.15) is 5.10 Å². The number of carbonyl (C=O) groups excluding carboxylic acids is 1. The first-order valence-corrected chi connectivity index (χ1v) is 10.3. The van der Waals surface area contributed by atoms with Gasteiger partial charge in [0.05, 0.1) is 19.2 Å². The fraction of sp³-hybridized carbons (Fsp3) is 0.333. The largest absolute Gasteiger partial charge is 0.497 e. The van der Waals surface area contributed by atoms with Gasteiger partial charge in [-0.1, -0.05) is 55.3 Å². The molecule has 1 fully saturated rings. The zero-order chi connectivity index (χ0) is 20.1. The first kappa shape index (κ1) is 19.2. The van der Waals surface area contributed by atoms with Crippen LogP contribution in [0.5, 0.6) is 5.75 Å². The number of methoxy groups -OCH3 is 1. The topological polar surface area (TPSA) is 47.4 Å². The van der Waals surface area contributed by atoms with Gasteiger partial charge in [0, 0.05) is 24.8 Å². The first-order valence-electron chi connectivity index (χ1n) is 10.3. The van der Waals surface area contributed by atoms with E-state index in [1.165, 1.54) is 12.8 Å². The van der Waals surface area contributed by atoms with Crippen molar-refractivity contribution < 1.29 is 9.53 Å². The maximum absolute atomic E-state index is 13.4. The van der Waals surface area contributed by atoms with Gasteiger partial charge < -0.3 is 9.64 Å². The van der Waals surface area contributed by atoms with Crippen molar-refractivity contribution in [1.29, 1.82) is 0 Å². The number of aromatic nitrogens is 2. The van der Waals surface area contributed by atoms with Crippen LogP contribution in [0, 0.1) is 0 Å². The SMILES string of the molecule is COc1cccc(-c2nn(Cc3ccccc3)cc2C(=O)N2CCCCCC2)c1. The second-order valence-corrected chi connectivity index (χ2v) is 7.51. The Kier molecular flexibility index (Phi) is 5.94. The minimum Gasteiger partial charge on any atom is -0.497 e. The van der Waals surface area contributed by atoms with Gasteiger partial charge in [0.25, 0.3) is 5.91 Å².